The van der Waals surface area contributed by atoms with Gasteiger partial charge in [-0.25, -0.2) is 0 Å². The molecule has 0 saturated carbocycles. The lowest BCUT2D eigenvalue weighted by Crippen LogP contribution is -2.08. The SMILES string of the molecule is FC(F)(F)CCCn1cccc1Cl. The van der Waals surface area contributed by atoms with E-state index in [1.54, 1.807) is 22.9 Å². The normalized spacial score (nSPS) is 12.0. The molecule has 1 rings (SSSR count). The minimum absolute atomic E-state index is 0.0674. The molecule has 0 N–H and O–H groups in total. The molecule has 1 aromatic rings. The molecule has 0 fully saturated rings. The molecule has 0 spiro atoms. The number of aryl methyl sites for hydroxylation is 1. The Morgan fingerprint density at radius 1 is 1.38 bits per heavy atom. The van der Waals surface area contributed by atoms with Gasteiger partial charge in [0.1, 0.15) is 5.15 Å². The monoisotopic (exact) mass is 211 g/mol. The van der Waals surface area contributed by atoms with Crippen molar-refractivity contribution < 1.29 is 13.2 Å². The van der Waals surface area contributed by atoms with Gasteiger partial charge < -0.3 is 4.57 Å². The van der Waals surface area contributed by atoms with Gasteiger partial charge in [0, 0.05) is 19.2 Å². The third-order valence-corrected chi connectivity index (χ3v) is 1.98. The third-order valence-electron chi connectivity index (χ3n) is 1.63. The lowest BCUT2D eigenvalue weighted by Gasteiger charge is -2.07. The Balaban J connectivity index is 2.32. The smallest absolute Gasteiger partial charge is 0.339 e. The average Bonchev–Trinajstić information content (AvgIpc) is 2.34. The van der Waals surface area contributed by atoms with E-state index in [0.29, 0.717) is 11.7 Å². The summed E-state index contributed by atoms with van der Waals surface area (Å²) in [5, 5.41) is 0.474. The summed E-state index contributed by atoms with van der Waals surface area (Å²) in [5.74, 6) is 0. The van der Waals surface area contributed by atoms with E-state index in [2.05, 4.69) is 0 Å². The number of halogens is 4. The predicted molar refractivity (Wildman–Crippen MR) is 44.7 cm³/mol. The molecule has 0 radical (unpaired) electrons. The van der Waals surface area contributed by atoms with E-state index in [1.807, 2.05) is 0 Å². The number of aromatic nitrogens is 1. The van der Waals surface area contributed by atoms with E-state index in [0.717, 1.165) is 0 Å². The molecule has 0 aliphatic carbocycles. The highest BCUT2D eigenvalue weighted by Crippen LogP contribution is 2.22. The Kier molecular flexibility index (Phi) is 3.25. The molecule has 0 unspecified atom stereocenters. The molecule has 1 nitrogen and oxygen atoms in total. The van der Waals surface area contributed by atoms with E-state index >= 15 is 0 Å². The Labute approximate surface area is 79.1 Å². The lowest BCUT2D eigenvalue weighted by molar-refractivity contribution is -0.135. The Morgan fingerprint density at radius 2 is 2.08 bits per heavy atom. The van der Waals surface area contributed by atoms with Crippen LogP contribution in [0.3, 0.4) is 0 Å². The summed E-state index contributed by atoms with van der Waals surface area (Å²) in [5.41, 5.74) is 0. The average molecular weight is 212 g/mol. The molecule has 0 bridgehead atoms. The van der Waals surface area contributed by atoms with E-state index in [1.165, 1.54) is 0 Å². The van der Waals surface area contributed by atoms with Gasteiger partial charge in [-0.2, -0.15) is 13.2 Å². The first-order valence-corrected chi connectivity index (χ1v) is 4.24. The maximum Gasteiger partial charge on any atom is 0.389 e. The summed E-state index contributed by atoms with van der Waals surface area (Å²) >= 11 is 5.67. The zero-order valence-corrected chi connectivity index (χ0v) is 7.57. The van der Waals surface area contributed by atoms with Crippen LogP contribution in [-0.2, 0) is 6.54 Å². The van der Waals surface area contributed by atoms with Gasteiger partial charge in [0.25, 0.3) is 0 Å². The molecule has 0 aliphatic heterocycles. The first-order valence-electron chi connectivity index (χ1n) is 3.86. The fourth-order valence-corrected chi connectivity index (χ4v) is 1.24. The highest BCUT2D eigenvalue weighted by Gasteiger charge is 2.25. The second kappa shape index (κ2) is 4.05. The van der Waals surface area contributed by atoms with Crippen molar-refractivity contribution in [2.24, 2.45) is 0 Å². The van der Waals surface area contributed by atoms with Gasteiger partial charge in [-0.3, -0.25) is 0 Å². The highest BCUT2D eigenvalue weighted by molar-refractivity contribution is 6.29. The van der Waals surface area contributed by atoms with Crippen LogP contribution in [0, 0.1) is 0 Å². The highest BCUT2D eigenvalue weighted by atomic mass is 35.5. The van der Waals surface area contributed by atoms with E-state index in [-0.39, 0.29) is 6.42 Å². The van der Waals surface area contributed by atoms with E-state index < -0.39 is 12.6 Å². The van der Waals surface area contributed by atoms with Crippen molar-refractivity contribution in [3.8, 4) is 0 Å². The van der Waals surface area contributed by atoms with Crippen molar-refractivity contribution in [3.63, 3.8) is 0 Å². The van der Waals surface area contributed by atoms with Crippen molar-refractivity contribution in [1.29, 1.82) is 0 Å². The van der Waals surface area contributed by atoms with Crippen molar-refractivity contribution in [1.82, 2.24) is 4.57 Å². The number of hydrogen-bond acceptors (Lipinski definition) is 0. The van der Waals surface area contributed by atoms with Gasteiger partial charge >= 0.3 is 6.18 Å². The number of nitrogens with zero attached hydrogens (tertiary/aromatic N) is 1. The van der Waals surface area contributed by atoms with Crippen molar-refractivity contribution >= 4 is 11.6 Å². The van der Waals surface area contributed by atoms with Crippen molar-refractivity contribution in [2.75, 3.05) is 0 Å². The molecule has 0 aliphatic rings. The maximum atomic E-state index is 11.7. The summed E-state index contributed by atoms with van der Waals surface area (Å²) in [6.45, 7) is 0.311. The second-order valence-electron chi connectivity index (χ2n) is 2.74. The molecule has 0 saturated heterocycles. The van der Waals surface area contributed by atoms with Gasteiger partial charge in [0.05, 0.1) is 0 Å². The molecule has 0 aromatic carbocycles. The summed E-state index contributed by atoms with van der Waals surface area (Å²) in [4.78, 5) is 0. The minimum atomic E-state index is -4.07. The summed E-state index contributed by atoms with van der Waals surface area (Å²) in [6, 6.07) is 3.35. The van der Waals surface area contributed by atoms with E-state index in [4.69, 9.17) is 11.6 Å². The standard InChI is InChI=1S/C8H9ClF3N/c9-7-3-1-5-13(7)6-2-4-8(10,11)12/h1,3,5H,2,4,6H2. The molecule has 13 heavy (non-hydrogen) atoms. The summed E-state index contributed by atoms with van der Waals surface area (Å²) in [7, 11) is 0. The molecular formula is C8H9ClF3N. The van der Waals surface area contributed by atoms with Crippen molar-refractivity contribution in [3.05, 3.63) is 23.5 Å². The minimum Gasteiger partial charge on any atom is -0.339 e. The molecule has 74 valence electrons. The van der Waals surface area contributed by atoms with Gasteiger partial charge in [0.2, 0.25) is 0 Å². The van der Waals surface area contributed by atoms with E-state index in [9.17, 15) is 13.2 Å². The van der Waals surface area contributed by atoms with Crippen LogP contribution in [0.4, 0.5) is 13.2 Å². The lowest BCUT2D eigenvalue weighted by atomic mass is 10.3. The van der Waals surface area contributed by atoms with Crippen LogP contribution in [0.2, 0.25) is 5.15 Å². The fraction of sp³-hybridized carbons (Fsp3) is 0.500. The molecule has 1 aromatic heterocycles. The summed E-state index contributed by atoms with van der Waals surface area (Å²) in [6.07, 6.45) is -3.10. The zero-order valence-electron chi connectivity index (χ0n) is 6.81. The molecular weight excluding hydrogens is 203 g/mol. The third kappa shape index (κ3) is 3.72. The molecule has 0 amide bonds. The van der Waals surface area contributed by atoms with Crippen LogP contribution in [0.5, 0.6) is 0 Å². The number of hydrogen-bond donors (Lipinski definition) is 0. The summed E-state index contributed by atoms with van der Waals surface area (Å²) < 4.78 is 36.8. The Hall–Kier alpha value is -0.640. The van der Waals surface area contributed by atoms with Crippen LogP contribution >= 0.6 is 11.6 Å². The predicted octanol–water partition coefficient (Wildman–Crippen LogP) is 3.48. The molecule has 1 heterocycles. The molecule has 0 atom stereocenters. The zero-order chi connectivity index (χ0) is 9.90. The van der Waals surface area contributed by atoms with Crippen LogP contribution < -0.4 is 0 Å². The van der Waals surface area contributed by atoms with Gasteiger partial charge in [0.15, 0.2) is 0 Å². The number of alkyl halides is 3. The largest absolute Gasteiger partial charge is 0.389 e. The first kappa shape index (κ1) is 10.4. The van der Waals surface area contributed by atoms with Crippen LogP contribution in [0.1, 0.15) is 12.8 Å². The van der Waals surface area contributed by atoms with Gasteiger partial charge in [-0.15, -0.1) is 0 Å². The second-order valence-corrected chi connectivity index (χ2v) is 3.13. The first-order chi connectivity index (χ1) is 5.99. The number of rotatable bonds is 3. The van der Waals surface area contributed by atoms with Crippen LogP contribution in [0.15, 0.2) is 18.3 Å². The topological polar surface area (TPSA) is 4.93 Å². The Bertz CT molecular complexity index is 267. The quantitative estimate of drug-likeness (QED) is 0.721. The van der Waals surface area contributed by atoms with Crippen LogP contribution in [0.25, 0.3) is 0 Å². The van der Waals surface area contributed by atoms with Crippen molar-refractivity contribution in [2.45, 2.75) is 25.6 Å². The Morgan fingerprint density at radius 3 is 2.54 bits per heavy atom. The van der Waals surface area contributed by atoms with Gasteiger partial charge in [-0.05, 0) is 18.6 Å². The molecule has 5 heteroatoms. The fourth-order valence-electron chi connectivity index (χ4n) is 1.02. The van der Waals surface area contributed by atoms with Gasteiger partial charge in [-0.1, -0.05) is 11.6 Å². The van der Waals surface area contributed by atoms with Crippen LogP contribution in [-0.4, -0.2) is 10.7 Å². The maximum absolute atomic E-state index is 11.7.